The lowest BCUT2D eigenvalue weighted by Gasteiger charge is -2.20. The van der Waals surface area contributed by atoms with Crippen molar-refractivity contribution in [1.82, 2.24) is 0 Å². The minimum absolute atomic E-state index is 0.194. The standard InChI is InChI=1S/C84H167O10P/c1-3-5-7-9-11-13-15-17-19-21-23-25-27-29-31-33-35-37-39-41-43-45-47-49-51-53-55-57-59-61-63-65-67-69-71-73-75-83(87)91-79-82(80-93-95(89,90)92-78-81(86)77-85)94-84(88)76-74-72-70-68-66-64-62-60-58-56-54-52-50-48-46-44-42-40-38-36-34-32-30-28-26-24-22-20-18-16-14-12-10-8-6-4-2/h81-82,85-86H,3-80H2,1-2H3,(H,89,90)/t81-,82+/m0/s1. The van der Waals surface area contributed by atoms with E-state index in [2.05, 4.69) is 13.8 Å². The number of esters is 2. The van der Waals surface area contributed by atoms with Gasteiger partial charge in [-0.2, -0.15) is 0 Å². The quantitative estimate of drug-likeness (QED) is 0.0305. The van der Waals surface area contributed by atoms with E-state index in [1.165, 1.54) is 417 Å². The number of phosphoric ester groups is 1. The fourth-order valence-corrected chi connectivity index (χ4v) is 14.6. The van der Waals surface area contributed by atoms with Gasteiger partial charge in [0.05, 0.1) is 19.8 Å². The molecule has 0 aliphatic carbocycles. The summed E-state index contributed by atoms with van der Waals surface area (Å²) in [5, 5.41) is 18.6. The zero-order chi connectivity index (χ0) is 68.8. The van der Waals surface area contributed by atoms with Gasteiger partial charge in [-0.15, -0.1) is 0 Å². The molecule has 568 valence electrons. The highest BCUT2D eigenvalue weighted by molar-refractivity contribution is 7.47. The first-order valence-corrected chi connectivity index (χ1v) is 44.5. The third-order valence-electron chi connectivity index (χ3n) is 20.3. The molecule has 0 saturated heterocycles. The van der Waals surface area contributed by atoms with E-state index >= 15 is 0 Å². The monoisotopic (exact) mass is 1370 g/mol. The summed E-state index contributed by atoms with van der Waals surface area (Å²) in [6, 6.07) is 0. The minimum Gasteiger partial charge on any atom is -0.462 e. The second-order valence-corrected chi connectivity index (χ2v) is 31.4. The van der Waals surface area contributed by atoms with Crippen molar-refractivity contribution in [2.45, 2.75) is 501 Å². The van der Waals surface area contributed by atoms with Crippen molar-refractivity contribution >= 4 is 19.8 Å². The number of hydrogen-bond donors (Lipinski definition) is 3. The lowest BCUT2D eigenvalue weighted by atomic mass is 10.0. The Morgan fingerprint density at radius 2 is 0.453 bits per heavy atom. The SMILES string of the molecule is CCCCCCCCCCCCCCCCCCCCCCCCCCCCCCCCCCCCCCC(=O)OC[C@H](COP(=O)(O)OC[C@@H](O)CO)OC(=O)CCCCCCCCCCCCCCCCCCCCCCCCCCCCCCCCCCCCCC. The van der Waals surface area contributed by atoms with Gasteiger partial charge < -0.3 is 24.6 Å². The first-order chi connectivity index (χ1) is 46.7. The van der Waals surface area contributed by atoms with Gasteiger partial charge in [0.25, 0.3) is 0 Å². The maximum Gasteiger partial charge on any atom is 0.472 e. The molecule has 0 aromatic heterocycles. The fourth-order valence-electron chi connectivity index (χ4n) is 13.8. The van der Waals surface area contributed by atoms with Crippen LogP contribution in [0, 0.1) is 0 Å². The normalized spacial score (nSPS) is 13.0. The summed E-state index contributed by atoms with van der Waals surface area (Å²) in [5.74, 6) is -0.888. The number of unbranched alkanes of at least 4 members (excludes halogenated alkanes) is 70. The number of phosphoric acid groups is 1. The molecule has 0 rings (SSSR count). The average molecular weight is 1370 g/mol. The van der Waals surface area contributed by atoms with E-state index < -0.39 is 51.8 Å². The summed E-state index contributed by atoms with van der Waals surface area (Å²) in [6.07, 6.45) is 96.3. The molecule has 3 N–H and O–H groups in total. The molecule has 0 aliphatic rings. The highest BCUT2D eigenvalue weighted by Crippen LogP contribution is 2.43. The molecule has 11 heteroatoms. The van der Waals surface area contributed by atoms with Crippen LogP contribution in [0.1, 0.15) is 489 Å². The zero-order valence-corrected chi connectivity index (χ0v) is 64.9. The van der Waals surface area contributed by atoms with Crippen LogP contribution in [0.15, 0.2) is 0 Å². The van der Waals surface area contributed by atoms with Gasteiger partial charge in [0.2, 0.25) is 0 Å². The number of aliphatic hydroxyl groups excluding tert-OH is 2. The minimum atomic E-state index is -4.63. The summed E-state index contributed by atoms with van der Waals surface area (Å²) in [4.78, 5) is 35.6. The molecule has 0 aliphatic heterocycles. The van der Waals surface area contributed by atoms with E-state index in [4.69, 9.17) is 23.6 Å². The number of carbonyl (C=O) groups excluding carboxylic acids is 2. The third kappa shape index (κ3) is 80.2. The van der Waals surface area contributed by atoms with Crippen LogP contribution >= 0.6 is 7.82 Å². The number of ether oxygens (including phenoxy) is 2. The van der Waals surface area contributed by atoms with Crippen molar-refractivity contribution in [3.8, 4) is 0 Å². The molecule has 10 nitrogen and oxygen atoms in total. The molecule has 0 saturated carbocycles. The Kier molecular flexibility index (Phi) is 79.4. The highest BCUT2D eigenvalue weighted by Gasteiger charge is 2.27. The number of hydrogen-bond acceptors (Lipinski definition) is 9. The lowest BCUT2D eigenvalue weighted by molar-refractivity contribution is -0.161. The number of carbonyl (C=O) groups is 2. The molecule has 0 radical (unpaired) electrons. The van der Waals surface area contributed by atoms with Gasteiger partial charge in [-0.3, -0.25) is 18.6 Å². The van der Waals surface area contributed by atoms with Crippen LogP contribution in [-0.4, -0.2) is 65.7 Å². The van der Waals surface area contributed by atoms with Gasteiger partial charge in [0, 0.05) is 12.8 Å². The van der Waals surface area contributed by atoms with Crippen molar-refractivity contribution in [3.05, 3.63) is 0 Å². The van der Waals surface area contributed by atoms with E-state index in [-0.39, 0.29) is 19.4 Å². The van der Waals surface area contributed by atoms with Crippen LogP contribution < -0.4 is 0 Å². The van der Waals surface area contributed by atoms with Crippen LogP contribution in [-0.2, 0) is 32.7 Å². The van der Waals surface area contributed by atoms with Crippen LogP contribution in [0.4, 0.5) is 0 Å². The van der Waals surface area contributed by atoms with E-state index in [9.17, 15) is 24.2 Å². The predicted octanol–water partition coefficient (Wildman–Crippen LogP) is 27.8. The molecular weight excluding hydrogens is 1200 g/mol. The second kappa shape index (κ2) is 80.3. The molecule has 95 heavy (non-hydrogen) atoms. The first-order valence-electron chi connectivity index (χ1n) is 43.0. The average Bonchev–Trinajstić information content (AvgIpc) is 2.86. The third-order valence-corrected chi connectivity index (χ3v) is 21.2. The van der Waals surface area contributed by atoms with Crippen molar-refractivity contribution in [2.24, 2.45) is 0 Å². The smallest absolute Gasteiger partial charge is 0.462 e. The summed E-state index contributed by atoms with van der Waals surface area (Å²) >= 11 is 0. The number of rotatable bonds is 84. The topological polar surface area (TPSA) is 149 Å². The summed E-state index contributed by atoms with van der Waals surface area (Å²) in [6.45, 7) is 2.52. The Balaban J connectivity index is 3.79. The molecule has 0 fully saturated rings. The van der Waals surface area contributed by atoms with E-state index in [0.717, 1.165) is 32.1 Å². The summed E-state index contributed by atoms with van der Waals surface area (Å²) in [7, 11) is -4.63. The van der Waals surface area contributed by atoms with Gasteiger partial charge in [0.15, 0.2) is 6.10 Å². The maximum absolute atomic E-state index is 12.8. The van der Waals surface area contributed by atoms with Crippen molar-refractivity contribution < 1.29 is 47.8 Å². The van der Waals surface area contributed by atoms with Crippen molar-refractivity contribution in [1.29, 1.82) is 0 Å². The predicted molar refractivity (Wildman–Crippen MR) is 409 cm³/mol. The van der Waals surface area contributed by atoms with Crippen LogP contribution in [0.2, 0.25) is 0 Å². The Morgan fingerprint density at radius 3 is 0.653 bits per heavy atom. The first kappa shape index (κ1) is 94.0. The molecule has 0 bridgehead atoms. The van der Waals surface area contributed by atoms with Gasteiger partial charge in [0.1, 0.15) is 12.7 Å². The summed E-state index contributed by atoms with van der Waals surface area (Å²) < 4.78 is 33.3. The molecule has 0 aromatic carbocycles. The van der Waals surface area contributed by atoms with Crippen molar-refractivity contribution in [3.63, 3.8) is 0 Å². The van der Waals surface area contributed by atoms with E-state index in [1.54, 1.807) is 0 Å². The molecule has 0 amide bonds. The molecule has 0 aromatic rings. The molecule has 0 spiro atoms. The second-order valence-electron chi connectivity index (χ2n) is 29.9. The van der Waals surface area contributed by atoms with E-state index in [0.29, 0.717) is 12.8 Å². The Bertz CT molecular complexity index is 1530. The lowest BCUT2D eigenvalue weighted by Crippen LogP contribution is -2.29. The largest absolute Gasteiger partial charge is 0.472 e. The van der Waals surface area contributed by atoms with Gasteiger partial charge in [-0.25, -0.2) is 4.57 Å². The van der Waals surface area contributed by atoms with Gasteiger partial charge in [-0.1, -0.05) is 463 Å². The summed E-state index contributed by atoms with van der Waals surface area (Å²) in [5.41, 5.74) is 0. The highest BCUT2D eigenvalue weighted by atomic mass is 31.2. The molecule has 0 heterocycles. The van der Waals surface area contributed by atoms with Crippen molar-refractivity contribution in [2.75, 3.05) is 26.4 Å². The molecule has 1 unspecified atom stereocenters. The van der Waals surface area contributed by atoms with Crippen LogP contribution in [0.3, 0.4) is 0 Å². The fraction of sp³-hybridized carbons (Fsp3) is 0.976. The van der Waals surface area contributed by atoms with Crippen LogP contribution in [0.25, 0.3) is 0 Å². The Labute approximate surface area is 592 Å². The Hall–Kier alpha value is -1.03. The molecule has 3 atom stereocenters. The number of aliphatic hydroxyl groups is 2. The van der Waals surface area contributed by atoms with E-state index in [1.807, 2.05) is 0 Å². The maximum atomic E-state index is 12.8. The van der Waals surface area contributed by atoms with Gasteiger partial charge in [-0.05, 0) is 12.8 Å². The Morgan fingerprint density at radius 1 is 0.274 bits per heavy atom. The zero-order valence-electron chi connectivity index (χ0n) is 64.0. The molecular formula is C84H167O10P. The van der Waals surface area contributed by atoms with Crippen LogP contribution in [0.5, 0.6) is 0 Å². The van der Waals surface area contributed by atoms with Gasteiger partial charge >= 0.3 is 19.8 Å².